The highest BCUT2D eigenvalue weighted by molar-refractivity contribution is 7.11. The van der Waals surface area contributed by atoms with Crippen molar-refractivity contribution in [1.29, 1.82) is 0 Å². The Balaban J connectivity index is 1.82. The second kappa shape index (κ2) is 7.95. The lowest BCUT2D eigenvalue weighted by Crippen LogP contribution is -2.32. The summed E-state index contributed by atoms with van der Waals surface area (Å²) in [7, 11) is 2.90. The fraction of sp³-hybridized carbons (Fsp3) is 0.222. The van der Waals surface area contributed by atoms with Crippen molar-refractivity contribution in [2.24, 2.45) is 0 Å². The van der Waals surface area contributed by atoms with Gasteiger partial charge < -0.3 is 24.6 Å². The molecule has 0 fully saturated rings. The number of hydrogen-bond donors (Lipinski definition) is 2. The number of carbonyl (C=O) groups is 1. The summed E-state index contributed by atoms with van der Waals surface area (Å²) in [5.41, 5.74) is 5.82. The summed E-state index contributed by atoms with van der Waals surface area (Å²) >= 11 is 1.44. The quantitative estimate of drug-likeness (QED) is 0.426. The zero-order valence-corrected chi connectivity index (χ0v) is 20.4. The third-order valence-corrected chi connectivity index (χ3v) is 6.90. The van der Waals surface area contributed by atoms with E-state index in [0.29, 0.717) is 28.4 Å². The van der Waals surface area contributed by atoms with Crippen LogP contribution >= 0.6 is 11.3 Å². The summed E-state index contributed by atoms with van der Waals surface area (Å²) in [4.78, 5) is 13.1. The van der Waals surface area contributed by atoms with E-state index in [1.54, 1.807) is 18.2 Å². The fourth-order valence-electron chi connectivity index (χ4n) is 4.78. The molecule has 5 rings (SSSR count). The molecule has 0 amide bonds. The number of nitrogens with one attached hydrogen (secondary N) is 1. The van der Waals surface area contributed by atoms with Gasteiger partial charge in [0.25, 0.3) is 0 Å². The Morgan fingerprint density at radius 1 is 1.12 bits per heavy atom. The molecule has 34 heavy (non-hydrogen) atoms. The number of hydrogen-bond acceptors (Lipinski definition) is 7. The molecule has 2 aliphatic heterocycles. The highest BCUT2D eigenvalue weighted by Gasteiger charge is 2.33. The molecule has 174 valence electrons. The van der Waals surface area contributed by atoms with E-state index in [1.165, 1.54) is 25.6 Å². The number of allylic oxidation sites excluding steroid dienone is 1. The number of benzene rings is 2. The van der Waals surface area contributed by atoms with Gasteiger partial charge in [0, 0.05) is 27.3 Å². The van der Waals surface area contributed by atoms with Crippen molar-refractivity contribution in [1.82, 2.24) is 0 Å². The van der Waals surface area contributed by atoms with E-state index in [1.807, 2.05) is 23.6 Å². The molecule has 0 saturated carbocycles. The smallest absolute Gasteiger partial charge is 0.339 e. The lowest BCUT2D eigenvalue weighted by molar-refractivity contribution is 0.0601. The molecule has 0 aliphatic carbocycles. The largest absolute Gasteiger partial charge is 0.504 e. The average molecular weight is 476 g/mol. The summed E-state index contributed by atoms with van der Waals surface area (Å²) in [6, 6.07) is 9.09. The molecule has 0 spiro atoms. The van der Waals surface area contributed by atoms with Gasteiger partial charge in [-0.15, -0.1) is 11.3 Å². The van der Waals surface area contributed by atoms with Crippen LogP contribution < -0.4 is 14.8 Å². The van der Waals surface area contributed by atoms with Gasteiger partial charge in [-0.3, -0.25) is 0 Å². The molecule has 0 atom stereocenters. The van der Waals surface area contributed by atoms with Crippen molar-refractivity contribution in [2.45, 2.75) is 26.3 Å². The predicted octanol–water partition coefficient (Wildman–Crippen LogP) is 6.41. The van der Waals surface area contributed by atoms with Crippen molar-refractivity contribution in [2.75, 3.05) is 19.5 Å². The summed E-state index contributed by atoms with van der Waals surface area (Å²) in [6.45, 7) is 6.33. The molecule has 2 N–H and O–H groups in total. The number of ether oxygens (including phenoxy) is 3. The van der Waals surface area contributed by atoms with Crippen LogP contribution in [0.2, 0.25) is 0 Å². The van der Waals surface area contributed by atoms with Gasteiger partial charge in [-0.25, -0.2) is 4.79 Å². The van der Waals surface area contributed by atoms with Crippen LogP contribution in [0.4, 0.5) is 5.69 Å². The molecule has 2 aliphatic rings. The Morgan fingerprint density at radius 3 is 2.65 bits per heavy atom. The number of carbonyl (C=O) groups excluding carboxylic acids is 1. The summed E-state index contributed by atoms with van der Waals surface area (Å²) < 4.78 is 17.0. The number of thiophene rings is 1. The van der Waals surface area contributed by atoms with Gasteiger partial charge in [-0.1, -0.05) is 12.1 Å². The van der Waals surface area contributed by atoms with Crippen LogP contribution in [-0.2, 0) is 4.74 Å². The summed E-state index contributed by atoms with van der Waals surface area (Å²) in [6.07, 6.45) is 4.07. The van der Waals surface area contributed by atoms with Gasteiger partial charge in [0.05, 0.1) is 30.9 Å². The zero-order chi connectivity index (χ0) is 24.2. The van der Waals surface area contributed by atoms with Crippen molar-refractivity contribution >= 4 is 40.4 Å². The zero-order valence-electron chi connectivity index (χ0n) is 19.6. The first-order valence-corrected chi connectivity index (χ1v) is 11.7. The van der Waals surface area contributed by atoms with E-state index in [4.69, 9.17) is 14.2 Å². The number of aromatic hydroxyl groups is 1. The number of methoxy groups -OCH3 is 2. The molecule has 0 bridgehead atoms. The number of phenols is 1. The van der Waals surface area contributed by atoms with Crippen LogP contribution in [-0.4, -0.2) is 30.8 Å². The predicted molar refractivity (Wildman–Crippen MR) is 136 cm³/mol. The molecule has 2 aromatic carbocycles. The van der Waals surface area contributed by atoms with E-state index >= 15 is 0 Å². The Labute approximate surface area is 202 Å². The Kier molecular flexibility index (Phi) is 5.17. The lowest BCUT2D eigenvalue weighted by atomic mass is 9.83. The third-order valence-electron chi connectivity index (χ3n) is 6.03. The number of rotatable bonds is 3. The Hall–Kier alpha value is -3.71. The first-order chi connectivity index (χ1) is 16.2. The standard InChI is InChI=1S/C27H25NO5S/c1-14-13-27(2,3)28-17-7-6-16-23(22(14)17)20(12-21-15(10-11-34-21)26(30)32-5)33-19-9-8-18(29)25(31-4)24(16)19/h6-13,28-29H,1-5H3/b20-12-. The van der Waals surface area contributed by atoms with Crippen LogP contribution in [0.3, 0.4) is 0 Å². The maximum absolute atomic E-state index is 12.3. The minimum absolute atomic E-state index is 0.0405. The topological polar surface area (TPSA) is 77.0 Å². The normalized spacial score (nSPS) is 16.4. The van der Waals surface area contributed by atoms with Gasteiger partial charge in [-0.2, -0.15) is 0 Å². The van der Waals surface area contributed by atoms with E-state index in [-0.39, 0.29) is 11.3 Å². The number of fused-ring (bicyclic) bond motifs is 5. The van der Waals surface area contributed by atoms with Gasteiger partial charge in [-0.05, 0) is 62.1 Å². The van der Waals surface area contributed by atoms with E-state index < -0.39 is 5.97 Å². The van der Waals surface area contributed by atoms with Crippen molar-refractivity contribution in [3.8, 4) is 28.4 Å². The molecule has 0 unspecified atom stereocenters. The molecule has 3 heterocycles. The molecular weight excluding hydrogens is 450 g/mol. The van der Waals surface area contributed by atoms with E-state index in [0.717, 1.165) is 32.8 Å². The van der Waals surface area contributed by atoms with Crippen LogP contribution in [0, 0.1) is 0 Å². The van der Waals surface area contributed by atoms with Crippen molar-refractivity contribution in [3.05, 3.63) is 63.4 Å². The summed E-state index contributed by atoms with van der Waals surface area (Å²) in [5, 5.41) is 15.9. The first kappa shape index (κ1) is 22.1. The van der Waals surface area contributed by atoms with Crippen LogP contribution in [0.5, 0.6) is 17.2 Å². The van der Waals surface area contributed by atoms with Gasteiger partial charge >= 0.3 is 5.97 Å². The molecule has 3 aromatic rings. The highest BCUT2D eigenvalue weighted by atomic mass is 32.1. The minimum atomic E-state index is -0.397. The molecule has 1 aromatic heterocycles. The van der Waals surface area contributed by atoms with E-state index in [2.05, 4.69) is 32.2 Å². The van der Waals surface area contributed by atoms with Gasteiger partial charge in [0.15, 0.2) is 11.5 Å². The minimum Gasteiger partial charge on any atom is -0.504 e. The monoisotopic (exact) mass is 475 g/mol. The number of esters is 1. The number of phenolic OH excluding ortho intramolecular Hbond substituents is 1. The molecule has 0 saturated heterocycles. The Bertz CT molecular complexity index is 1400. The maximum atomic E-state index is 12.3. The average Bonchev–Trinajstić information content (AvgIpc) is 3.25. The van der Waals surface area contributed by atoms with E-state index in [9.17, 15) is 9.90 Å². The van der Waals surface area contributed by atoms with Gasteiger partial charge in [0.2, 0.25) is 0 Å². The van der Waals surface area contributed by atoms with Crippen LogP contribution in [0.1, 0.15) is 47.1 Å². The SMILES string of the molecule is COC(=O)c1ccsc1/C=C1\Oc2ccc(O)c(OC)c2-c2ccc3c(c21)C(C)=CC(C)(C)N3. The van der Waals surface area contributed by atoms with Crippen LogP contribution in [0.25, 0.3) is 28.5 Å². The second-order valence-electron chi connectivity index (χ2n) is 8.88. The fourth-order valence-corrected chi connectivity index (χ4v) is 5.58. The van der Waals surface area contributed by atoms with Crippen molar-refractivity contribution in [3.63, 3.8) is 0 Å². The third kappa shape index (κ3) is 3.44. The van der Waals surface area contributed by atoms with Crippen molar-refractivity contribution < 1.29 is 24.1 Å². The molecule has 7 heteroatoms. The maximum Gasteiger partial charge on any atom is 0.339 e. The second-order valence-corrected chi connectivity index (χ2v) is 9.82. The summed E-state index contributed by atoms with van der Waals surface area (Å²) in [5.74, 6) is 1.17. The Morgan fingerprint density at radius 2 is 1.91 bits per heavy atom. The van der Waals surface area contributed by atoms with Crippen LogP contribution in [0.15, 0.2) is 41.8 Å². The number of anilines is 1. The van der Waals surface area contributed by atoms with Gasteiger partial charge in [0.1, 0.15) is 11.5 Å². The lowest BCUT2D eigenvalue weighted by Gasteiger charge is -2.35. The highest BCUT2D eigenvalue weighted by Crippen LogP contribution is 2.54. The first-order valence-electron chi connectivity index (χ1n) is 10.8. The molecule has 6 nitrogen and oxygen atoms in total. The molecule has 0 radical (unpaired) electrons. The molecular formula is C27H25NO5S.